The SMILES string of the molecule is Cc1ccc(C)c(-c2noc(-c3ccc(Cl)c([N+](=O)[O-])c3)n2)c1. The number of rotatable bonds is 3. The van der Waals surface area contributed by atoms with Crippen LogP contribution in [-0.2, 0) is 0 Å². The van der Waals surface area contributed by atoms with Crippen molar-refractivity contribution in [1.82, 2.24) is 10.1 Å². The lowest BCUT2D eigenvalue weighted by molar-refractivity contribution is -0.384. The van der Waals surface area contributed by atoms with Crippen LogP contribution >= 0.6 is 11.6 Å². The van der Waals surface area contributed by atoms with E-state index in [1.807, 2.05) is 32.0 Å². The molecule has 3 rings (SSSR count). The van der Waals surface area contributed by atoms with Crippen molar-refractivity contribution in [1.29, 1.82) is 0 Å². The van der Waals surface area contributed by atoms with Crippen molar-refractivity contribution in [2.24, 2.45) is 0 Å². The Hall–Kier alpha value is -2.73. The van der Waals surface area contributed by atoms with Crippen LogP contribution < -0.4 is 0 Å². The molecule has 0 aliphatic heterocycles. The highest BCUT2D eigenvalue weighted by Crippen LogP contribution is 2.31. The quantitative estimate of drug-likeness (QED) is 0.518. The fraction of sp³-hybridized carbons (Fsp3) is 0.125. The molecule has 0 spiro atoms. The summed E-state index contributed by atoms with van der Waals surface area (Å²) in [6.07, 6.45) is 0. The van der Waals surface area contributed by atoms with Crippen molar-refractivity contribution in [2.75, 3.05) is 0 Å². The Bertz CT molecular complexity index is 905. The van der Waals surface area contributed by atoms with Gasteiger partial charge < -0.3 is 4.52 Å². The molecule has 0 amide bonds. The molecule has 0 fully saturated rings. The van der Waals surface area contributed by atoms with Crippen LogP contribution in [0.2, 0.25) is 5.02 Å². The lowest BCUT2D eigenvalue weighted by Crippen LogP contribution is -1.90. The van der Waals surface area contributed by atoms with E-state index >= 15 is 0 Å². The topological polar surface area (TPSA) is 82.1 Å². The maximum Gasteiger partial charge on any atom is 0.288 e. The molecule has 1 heterocycles. The van der Waals surface area contributed by atoms with Crippen molar-refractivity contribution in [2.45, 2.75) is 13.8 Å². The molecule has 0 N–H and O–H groups in total. The van der Waals surface area contributed by atoms with Crippen molar-refractivity contribution in [3.05, 3.63) is 62.7 Å². The molecule has 0 aliphatic carbocycles. The van der Waals surface area contributed by atoms with E-state index in [4.69, 9.17) is 16.1 Å². The van der Waals surface area contributed by atoms with Gasteiger partial charge in [0.15, 0.2) is 0 Å². The Morgan fingerprint density at radius 1 is 1.17 bits per heavy atom. The standard InChI is InChI=1S/C16H12ClN3O3/c1-9-3-4-10(2)12(7-9)15-18-16(23-19-15)11-5-6-13(17)14(8-11)20(21)22/h3-8H,1-2H3. The highest BCUT2D eigenvalue weighted by molar-refractivity contribution is 6.32. The van der Waals surface area contributed by atoms with Gasteiger partial charge in [0.25, 0.3) is 11.6 Å². The van der Waals surface area contributed by atoms with E-state index in [1.165, 1.54) is 12.1 Å². The first-order chi connectivity index (χ1) is 11.0. The Balaban J connectivity index is 2.04. The average Bonchev–Trinajstić information content (AvgIpc) is 2.99. The van der Waals surface area contributed by atoms with Crippen LogP contribution in [0, 0.1) is 24.0 Å². The number of nitrogens with zero attached hydrogens (tertiary/aromatic N) is 3. The number of aryl methyl sites for hydroxylation is 2. The summed E-state index contributed by atoms with van der Waals surface area (Å²) in [6, 6.07) is 10.3. The normalized spacial score (nSPS) is 10.7. The van der Waals surface area contributed by atoms with Gasteiger partial charge in [-0.25, -0.2) is 0 Å². The first-order valence-corrected chi connectivity index (χ1v) is 7.19. The molecule has 0 saturated heterocycles. The number of benzene rings is 2. The molecule has 0 aliphatic rings. The largest absolute Gasteiger partial charge is 0.334 e. The Labute approximate surface area is 136 Å². The van der Waals surface area contributed by atoms with E-state index < -0.39 is 4.92 Å². The lowest BCUT2D eigenvalue weighted by atomic mass is 10.1. The van der Waals surface area contributed by atoms with E-state index in [0.29, 0.717) is 11.4 Å². The third-order valence-corrected chi connectivity index (χ3v) is 3.77. The molecular formula is C16H12ClN3O3. The number of nitro groups is 1. The molecular weight excluding hydrogens is 318 g/mol. The van der Waals surface area contributed by atoms with Crippen molar-refractivity contribution >= 4 is 17.3 Å². The van der Waals surface area contributed by atoms with Crippen LogP contribution in [0.1, 0.15) is 11.1 Å². The van der Waals surface area contributed by atoms with Crippen LogP contribution in [0.15, 0.2) is 40.9 Å². The van der Waals surface area contributed by atoms with E-state index in [1.54, 1.807) is 6.07 Å². The minimum absolute atomic E-state index is 0.0630. The molecule has 6 nitrogen and oxygen atoms in total. The van der Waals surface area contributed by atoms with Gasteiger partial charge in [0.1, 0.15) is 5.02 Å². The number of nitro benzene ring substituents is 1. The molecule has 0 saturated carbocycles. The molecule has 0 unspecified atom stereocenters. The smallest absolute Gasteiger partial charge is 0.288 e. The summed E-state index contributed by atoms with van der Waals surface area (Å²) in [5.74, 6) is 0.652. The number of hydrogen-bond donors (Lipinski definition) is 0. The third-order valence-electron chi connectivity index (χ3n) is 3.45. The first kappa shape index (κ1) is 15.2. The Kier molecular flexibility index (Phi) is 3.83. The number of aromatic nitrogens is 2. The Morgan fingerprint density at radius 2 is 1.96 bits per heavy atom. The molecule has 1 aromatic heterocycles. The van der Waals surface area contributed by atoms with Gasteiger partial charge in [0.05, 0.1) is 4.92 Å². The number of halogens is 1. The molecule has 2 aromatic carbocycles. The molecule has 0 bridgehead atoms. The predicted octanol–water partition coefficient (Wildman–Crippen LogP) is 4.58. The van der Waals surface area contributed by atoms with Gasteiger partial charge in [-0.3, -0.25) is 10.1 Å². The molecule has 7 heteroatoms. The highest BCUT2D eigenvalue weighted by Gasteiger charge is 2.18. The van der Waals surface area contributed by atoms with Crippen molar-refractivity contribution in [3.8, 4) is 22.8 Å². The monoisotopic (exact) mass is 329 g/mol. The highest BCUT2D eigenvalue weighted by atomic mass is 35.5. The first-order valence-electron chi connectivity index (χ1n) is 6.81. The summed E-state index contributed by atoms with van der Waals surface area (Å²) in [5.41, 5.74) is 3.22. The van der Waals surface area contributed by atoms with Crippen LogP contribution in [-0.4, -0.2) is 15.1 Å². The van der Waals surface area contributed by atoms with Gasteiger partial charge >= 0.3 is 0 Å². The van der Waals surface area contributed by atoms with E-state index in [2.05, 4.69) is 10.1 Å². The third kappa shape index (κ3) is 2.93. The van der Waals surface area contributed by atoms with Crippen LogP contribution in [0.3, 0.4) is 0 Å². The van der Waals surface area contributed by atoms with Gasteiger partial charge in [-0.1, -0.05) is 34.5 Å². The second-order valence-corrected chi connectivity index (χ2v) is 5.57. The zero-order chi connectivity index (χ0) is 16.6. The summed E-state index contributed by atoms with van der Waals surface area (Å²) < 4.78 is 5.25. The van der Waals surface area contributed by atoms with Gasteiger partial charge in [-0.2, -0.15) is 4.98 Å². The van der Waals surface area contributed by atoms with Gasteiger partial charge in [-0.15, -0.1) is 0 Å². The zero-order valence-electron chi connectivity index (χ0n) is 12.4. The van der Waals surface area contributed by atoms with Crippen LogP contribution in [0.25, 0.3) is 22.8 Å². The lowest BCUT2D eigenvalue weighted by Gasteiger charge is -2.01. The Morgan fingerprint density at radius 3 is 2.70 bits per heavy atom. The summed E-state index contributed by atoms with van der Waals surface area (Å²) >= 11 is 5.81. The molecule has 0 radical (unpaired) electrons. The maximum atomic E-state index is 11.0. The average molecular weight is 330 g/mol. The minimum atomic E-state index is -0.548. The van der Waals surface area contributed by atoms with E-state index in [9.17, 15) is 10.1 Å². The van der Waals surface area contributed by atoms with Crippen molar-refractivity contribution < 1.29 is 9.45 Å². The minimum Gasteiger partial charge on any atom is -0.334 e. The van der Waals surface area contributed by atoms with E-state index in [0.717, 1.165) is 16.7 Å². The summed E-state index contributed by atoms with van der Waals surface area (Å²) in [7, 11) is 0. The second-order valence-electron chi connectivity index (χ2n) is 5.16. The van der Waals surface area contributed by atoms with Crippen LogP contribution in [0.4, 0.5) is 5.69 Å². The number of hydrogen-bond acceptors (Lipinski definition) is 5. The van der Waals surface area contributed by atoms with Gasteiger partial charge in [0, 0.05) is 17.2 Å². The molecule has 23 heavy (non-hydrogen) atoms. The van der Waals surface area contributed by atoms with Gasteiger partial charge in [-0.05, 0) is 37.6 Å². The fourth-order valence-electron chi connectivity index (χ4n) is 2.21. The van der Waals surface area contributed by atoms with Crippen LogP contribution in [0.5, 0.6) is 0 Å². The summed E-state index contributed by atoms with van der Waals surface area (Å²) in [4.78, 5) is 14.8. The molecule has 0 atom stereocenters. The zero-order valence-corrected chi connectivity index (χ0v) is 13.2. The maximum absolute atomic E-state index is 11.0. The molecule has 116 valence electrons. The molecule has 3 aromatic rings. The summed E-state index contributed by atoms with van der Waals surface area (Å²) in [5, 5.41) is 15.0. The fourth-order valence-corrected chi connectivity index (χ4v) is 2.40. The second kappa shape index (κ2) is 5.81. The van der Waals surface area contributed by atoms with Gasteiger partial charge in [0.2, 0.25) is 5.82 Å². The predicted molar refractivity (Wildman–Crippen MR) is 86.3 cm³/mol. The van der Waals surface area contributed by atoms with Crippen molar-refractivity contribution in [3.63, 3.8) is 0 Å². The van der Waals surface area contributed by atoms with E-state index in [-0.39, 0.29) is 16.6 Å². The summed E-state index contributed by atoms with van der Waals surface area (Å²) in [6.45, 7) is 3.93.